The van der Waals surface area contributed by atoms with Crippen LogP contribution in [-0.4, -0.2) is 24.5 Å². The maximum absolute atomic E-state index is 5.86. The van der Waals surface area contributed by atoms with E-state index in [1.165, 1.54) is 30.4 Å². The number of rotatable bonds is 7. The maximum Gasteiger partial charge on any atom is 0.0236 e. The zero-order valence-corrected chi connectivity index (χ0v) is 11.4. The van der Waals surface area contributed by atoms with Crippen molar-refractivity contribution in [2.24, 2.45) is 5.73 Å². The third kappa shape index (κ3) is 4.49. The van der Waals surface area contributed by atoms with Crippen molar-refractivity contribution in [2.45, 2.75) is 45.7 Å². The highest BCUT2D eigenvalue weighted by Gasteiger charge is 2.13. The number of benzene rings is 1. The standard InChI is InChI=1S/C15H26N2/c1-4-5-10-15(11-16)17(3)12-14-9-7-6-8-13(14)2/h6-9,15H,4-5,10-12,16H2,1-3H3. The Morgan fingerprint density at radius 1 is 1.29 bits per heavy atom. The minimum Gasteiger partial charge on any atom is -0.329 e. The van der Waals surface area contributed by atoms with Crippen molar-refractivity contribution >= 4 is 0 Å². The molecule has 0 fully saturated rings. The molecule has 2 heteroatoms. The molecule has 17 heavy (non-hydrogen) atoms. The molecule has 0 spiro atoms. The first-order valence-electron chi connectivity index (χ1n) is 6.63. The molecule has 0 bridgehead atoms. The zero-order valence-electron chi connectivity index (χ0n) is 11.4. The van der Waals surface area contributed by atoms with Crippen LogP contribution < -0.4 is 5.73 Å². The molecule has 96 valence electrons. The Morgan fingerprint density at radius 3 is 2.59 bits per heavy atom. The first-order chi connectivity index (χ1) is 8.19. The Kier molecular flexibility index (Phi) is 6.23. The van der Waals surface area contributed by atoms with E-state index >= 15 is 0 Å². The Balaban J connectivity index is 2.57. The topological polar surface area (TPSA) is 29.3 Å². The second-order valence-electron chi connectivity index (χ2n) is 4.87. The molecule has 1 atom stereocenters. The van der Waals surface area contributed by atoms with Crippen LogP contribution in [0.5, 0.6) is 0 Å². The number of aryl methyl sites for hydroxylation is 1. The van der Waals surface area contributed by atoms with Crippen LogP contribution in [0.4, 0.5) is 0 Å². The summed E-state index contributed by atoms with van der Waals surface area (Å²) in [5.74, 6) is 0. The fraction of sp³-hybridized carbons (Fsp3) is 0.600. The highest BCUT2D eigenvalue weighted by molar-refractivity contribution is 5.25. The minimum absolute atomic E-state index is 0.509. The molecule has 0 amide bonds. The van der Waals surface area contributed by atoms with Gasteiger partial charge in [0.1, 0.15) is 0 Å². The molecule has 0 radical (unpaired) electrons. The van der Waals surface area contributed by atoms with Crippen molar-refractivity contribution in [3.63, 3.8) is 0 Å². The van der Waals surface area contributed by atoms with E-state index in [9.17, 15) is 0 Å². The SMILES string of the molecule is CCCCC(CN)N(C)Cc1ccccc1C. The quantitative estimate of drug-likeness (QED) is 0.786. The van der Waals surface area contributed by atoms with E-state index in [0.29, 0.717) is 6.04 Å². The third-order valence-corrected chi connectivity index (χ3v) is 3.47. The fourth-order valence-electron chi connectivity index (χ4n) is 2.14. The molecular weight excluding hydrogens is 208 g/mol. The summed E-state index contributed by atoms with van der Waals surface area (Å²) in [5.41, 5.74) is 8.64. The molecule has 0 heterocycles. The van der Waals surface area contributed by atoms with E-state index in [4.69, 9.17) is 5.73 Å². The number of likely N-dealkylation sites (N-methyl/N-ethyl adjacent to an activating group) is 1. The highest BCUT2D eigenvalue weighted by Crippen LogP contribution is 2.13. The Labute approximate surface area is 106 Å². The lowest BCUT2D eigenvalue weighted by atomic mass is 10.1. The number of unbranched alkanes of at least 4 members (excludes halogenated alkanes) is 1. The van der Waals surface area contributed by atoms with Gasteiger partial charge >= 0.3 is 0 Å². The van der Waals surface area contributed by atoms with Gasteiger partial charge in [-0.3, -0.25) is 4.90 Å². The minimum atomic E-state index is 0.509. The van der Waals surface area contributed by atoms with Crippen LogP contribution in [0.25, 0.3) is 0 Å². The van der Waals surface area contributed by atoms with Gasteiger partial charge in [-0.1, -0.05) is 44.0 Å². The molecule has 0 saturated carbocycles. The molecule has 0 aliphatic heterocycles. The van der Waals surface area contributed by atoms with Gasteiger partial charge in [0.2, 0.25) is 0 Å². The lowest BCUT2D eigenvalue weighted by Crippen LogP contribution is -2.37. The number of hydrogen-bond donors (Lipinski definition) is 1. The second kappa shape index (κ2) is 7.46. The van der Waals surface area contributed by atoms with Gasteiger partial charge in [0.25, 0.3) is 0 Å². The van der Waals surface area contributed by atoms with Gasteiger partial charge in [0.15, 0.2) is 0 Å². The largest absolute Gasteiger partial charge is 0.329 e. The van der Waals surface area contributed by atoms with Gasteiger partial charge in [-0.25, -0.2) is 0 Å². The summed E-state index contributed by atoms with van der Waals surface area (Å²) >= 11 is 0. The molecule has 1 unspecified atom stereocenters. The molecule has 0 aliphatic rings. The van der Waals surface area contributed by atoms with Crippen LogP contribution in [0.3, 0.4) is 0 Å². The van der Waals surface area contributed by atoms with E-state index in [2.05, 4.69) is 50.1 Å². The van der Waals surface area contributed by atoms with Gasteiger partial charge in [0, 0.05) is 19.1 Å². The van der Waals surface area contributed by atoms with Crippen molar-refractivity contribution in [1.82, 2.24) is 4.90 Å². The van der Waals surface area contributed by atoms with Crippen molar-refractivity contribution < 1.29 is 0 Å². The highest BCUT2D eigenvalue weighted by atomic mass is 15.1. The van der Waals surface area contributed by atoms with Gasteiger partial charge < -0.3 is 5.73 Å². The predicted octanol–water partition coefficient (Wildman–Crippen LogP) is 2.94. The molecule has 1 rings (SSSR count). The monoisotopic (exact) mass is 234 g/mol. The molecule has 0 aromatic heterocycles. The predicted molar refractivity (Wildman–Crippen MR) is 75.0 cm³/mol. The summed E-state index contributed by atoms with van der Waals surface area (Å²) < 4.78 is 0. The summed E-state index contributed by atoms with van der Waals surface area (Å²) in [6.07, 6.45) is 3.71. The van der Waals surface area contributed by atoms with Crippen molar-refractivity contribution in [3.05, 3.63) is 35.4 Å². The average molecular weight is 234 g/mol. The van der Waals surface area contributed by atoms with Crippen LogP contribution in [0, 0.1) is 6.92 Å². The normalized spacial score (nSPS) is 13.0. The van der Waals surface area contributed by atoms with E-state index in [1.54, 1.807) is 0 Å². The summed E-state index contributed by atoms with van der Waals surface area (Å²) in [6.45, 7) is 6.15. The second-order valence-corrected chi connectivity index (χ2v) is 4.87. The van der Waals surface area contributed by atoms with Crippen LogP contribution in [0.2, 0.25) is 0 Å². The molecular formula is C15H26N2. The van der Waals surface area contributed by atoms with Crippen molar-refractivity contribution in [1.29, 1.82) is 0 Å². The number of hydrogen-bond acceptors (Lipinski definition) is 2. The number of nitrogens with two attached hydrogens (primary N) is 1. The Hall–Kier alpha value is -0.860. The molecule has 0 saturated heterocycles. The third-order valence-electron chi connectivity index (χ3n) is 3.47. The van der Waals surface area contributed by atoms with Crippen molar-refractivity contribution in [2.75, 3.05) is 13.6 Å². The Bertz CT molecular complexity index is 322. The first kappa shape index (κ1) is 14.2. The Morgan fingerprint density at radius 2 is 2.00 bits per heavy atom. The van der Waals surface area contributed by atoms with Crippen LogP contribution >= 0.6 is 0 Å². The molecule has 1 aromatic rings. The van der Waals surface area contributed by atoms with E-state index < -0.39 is 0 Å². The van der Waals surface area contributed by atoms with E-state index in [1.807, 2.05) is 0 Å². The van der Waals surface area contributed by atoms with Crippen LogP contribution in [-0.2, 0) is 6.54 Å². The first-order valence-corrected chi connectivity index (χ1v) is 6.63. The lowest BCUT2D eigenvalue weighted by Gasteiger charge is -2.27. The summed E-state index contributed by atoms with van der Waals surface area (Å²) in [6, 6.07) is 9.09. The van der Waals surface area contributed by atoms with Gasteiger partial charge in [0.05, 0.1) is 0 Å². The van der Waals surface area contributed by atoms with E-state index in [-0.39, 0.29) is 0 Å². The summed E-state index contributed by atoms with van der Waals surface area (Å²) in [5, 5.41) is 0. The fourth-order valence-corrected chi connectivity index (χ4v) is 2.14. The number of nitrogens with zero attached hydrogens (tertiary/aromatic N) is 1. The van der Waals surface area contributed by atoms with E-state index in [0.717, 1.165) is 13.1 Å². The van der Waals surface area contributed by atoms with Gasteiger partial charge in [-0.15, -0.1) is 0 Å². The van der Waals surface area contributed by atoms with Crippen LogP contribution in [0.15, 0.2) is 24.3 Å². The zero-order chi connectivity index (χ0) is 12.7. The van der Waals surface area contributed by atoms with Gasteiger partial charge in [-0.2, -0.15) is 0 Å². The van der Waals surface area contributed by atoms with Gasteiger partial charge in [-0.05, 0) is 31.5 Å². The molecule has 0 aliphatic carbocycles. The maximum atomic E-state index is 5.86. The lowest BCUT2D eigenvalue weighted by molar-refractivity contribution is 0.223. The average Bonchev–Trinajstić information content (AvgIpc) is 2.33. The molecule has 2 nitrogen and oxygen atoms in total. The summed E-state index contributed by atoms with van der Waals surface area (Å²) in [4.78, 5) is 2.39. The molecule has 2 N–H and O–H groups in total. The van der Waals surface area contributed by atoms with Crippen LogP contribution in [0.1, 0.15) is 37.3 Å². The smallest absolute Gasteiger partial charge is 0.0236 e. The molecule has 1 aromatic carbocycles. The van der Waals surface area contributed by atoms with Crippen molar-refractivity contribution in [3.8, 4) is 0 Å². The summed E-state index contributed by atoms with van der Waals surface area (Å²) in [7, 11) is 2.18.